The minimum absolute atomic E-state index is 0.0277. The Kier molecular flexibility index (Phi) is 6.32. The van der Waals surface area contributed by atoms with Crippen molar-refractivity contribution in [2.45, 2.75) is 39.0 Å². The van der Waals surface area contributed by atoms with E-state index in [0.717, 1.165) is 22.0 Å². The van der Waals surface area contributed by atoms with Gasteiger partial charge in [0.1, 0.15) is 12.6 Å². The van der Waals surface area contributed by atoms with Gasteiger partial charge in [0.15, 0.2) is 0 Å². The number of carbonyl (C=O) groups excluding carboxylic acids is 2. The Morgan fingerprint density at radius 2 is 1.71 bits per heavy atom. The molecule has 6 nitrogen and oxygen atoms in total. The minimum atomic E-state index is -0.732. The average molecular weight is 379 g/mol. The molecule has 0 fully saturated rings. The molecule has 0 spiro atoms. The maximum atomic E-state index is 12.6. The van der Waals surface area contributed by atoms with Crippen LogP contribution in [0.4, 0.5) is 4.79 Å². The van der Waals surface area contributed by atoms with Crippen LogP contribution in [-0.2, 0) is 22.6 Å². The number of benzene rings is 2. The highest BCUT2D eigenvalue weighted by Crippen LogP contribution is 2.19. The predicted molar refractivity (Wildman–Crippen MR) is 109 cm³/mol. The number of hydrogen-bond donors (Lipinski definition) is 3. The van der Waals surface area contributed by atoms with Gasteiger partial charge >= 0.3 is 6.09 Å². The summed E-state index contributed by atoms with van der Waals surface area (Å²) in [6.45, 7) is 3.92. The van der Waals surface area contributed by atoms with Crippen molar-refractivity contribution in [2.75, 3.05) is 0 Å². The molecular weight excluding hydrogens is 354 g/mol. The van der Waals surface area contributed by atoms with Crippen molar-refractivity contribution in [3.8, 4) is 0 Å². The summed E-state index contributed by atoms with van der Waals surface area (Å²) in [5.41, 5.74) is 2.84. The number of ether oxygens (including phenoxy) is 1. The van der Waals surface area contributed by atoms with Gasteiger partial charge in [0.05, 0.1) is 0 Å². The summed E-state index contributed by atoms with van der Waals surface area (Å²) in [5, 5.41) is 6.60. The third-order valence-corrected chi connectivity index (χ3v) is 4.35. The monoisotopic (exact) mass is 379 g/mol. The second kappa shape index (κ2) is 9.08. The largest absolute Gasteiger partial charge is 0.445 e. The van der Waals surface area contributed by atoms with Crippen LogP contribution in [0.1, 0.15) is 25.0 Å². The first-order chi connectivity index (χ1) is 13.5. The van der Waals surface area contributed by atoms with E-state index < -0.39 is 12.1 Å². The lowest BCUT2D eigenvalue weighted by molar-refractivity contribution is -0.123. The quantitative estimate of drug-likeness (QED) is 0.587. The summed E-state index contributed by atoms with van der Waals surface area (Å²) in [7, 11) is 0. The van der Waals surface area contributed by atoms with Crippen molar-refractivity contribution in [3.63, 3.8) is 0 Å². The van der Waals surface area contributed by atoms with Crippen molar-refractivity contribution in [1.29, 1.82) is 0 Å². The second-order valence-corrected chi connectivity index (χ2v) is 6.99. The zero-order valence-corrected chi connectivity index (χ0v) is 16.1. The SMILES string of the molecule is CC(C)NC(=O)[C@@H](Cc1c[nH]c2ccccc12)NC(=O)OCc1ccccc1. The van der Waals surface area contributed by atoms with E-state index in [4.69, 9.17) is 4.74 Å². The number of amides is 2. The fourth-order valence-corrected chi connectivity index (χ4v) is 3.02. The first-order valence-corrected chi connectivity index (χ1v) is 9.35. The van der Waals surface area contributed by atoms with Crippen molar-refractivity contribution >= 4 is 22.9 Å². The molecule has 0 unspecified atom stereocenters. The number of carbonyl (C=O) groups is 2. The summed E-state index contributed by atoms with van der Waals surface area (Å²) >= 11 is 0. The van der Waals surface area contributed by atoms with Crippen molar-refractivity contribution < 1.29 is 14.3 Å². The van der Waals surface area contributed by atoms with Crippen LogP contribution in [0.5, 0.6) is 0 Å². The molecule has 0 aliphatic rings. The molecule has 0 saturated carbocycles. The van der Waals surface area contributed by atoms with Crippen LogP contribution in [0.2, 0.25) is 0 Å². The van der Waals surface area contributed by atoms with Gasteiger partial charge in [-0.1, -0.05) is 48.5 Å². The smallest absolute Gasteiger partial charge is 0.408 e. The molecule has 0 bridgehead atoms. The molecule has 1 heterocycles. The summed E-state index contributed by atoms with van der Waals surface area (Å²) in [4.78, 5) is 28.1. The number of nitrogens with one attached hydrogen (secondary N) is 3. The van der Waals surface area contributed by atoms with Gasteiger partial charge in [0, 0.05) is 29.6 Å². The predicted octanol–water partition coefficient (Wildman–Crippen LogP) is 3.53. The third kappa shape index (κ3) is 5.13. The van der Waals surface area contributed by atoms with Crippen LogP contribution >= 0.6 is 0 Å². The van der Waals surface area contributed by atoms with Crippen LogP contribution in [0.15, 0.2) is 60.8 Å². The van der Waals surface area contributed by atoms with Gasteiger partial charge in [-0.25, -0.2) is 4.79 Å². The highest BCUT2D eigenvalue weighted by molar-refractivity contribution is 5.88. The van der Waals surface area contributed by atoms with Crippen LogP contribution in [0, 0.1) is 0 Å². The lowest BCUT2D eigenvalue weighted by Gasteiger charge is -2.19. The van der Waals surface area contributed by atoms with Crippen molar-refractivity contribution in [3.05, 3.63) is 71.9 Å². The third-order valence-electron chi connectivity index (χ3n) is 4.35. The van der Waals surface area contributed by atoms with E-state index >= 15 is 0 Å². The number of H-pyrrole nitrogens is 1. The summed E-state index contributed by atoms with van der Waals surface area (Å²) in [6.07, 6.45) is 1.62. The second-order valence-electron chi connectivity index (χ2n) is 6.99. The first kappa shape index (κ1) is 19.5. The lowest BCUT2D eigenvalue weighted by Crippen LogP contribution is -2.49. The van der Waals surface area contributed by atoms with E-state index in [9.17, 15) is 9.59 Å². The molecule has 1 aromatic heterocycles. The molecular formula is C22H25N3O3. The maximum absolute atomic E-state index is 12.6. The van der Waals surface area contributed by atoms with Crippen molar-refractivity contribution in [2.24, 2.45) is 0 Å². The average Bonchev–Trinajstić information content (AvgIpc) is 3.09. The van der Waals surface area contributed by atoms with Gasteiger partial charge in [-0.2, -0.15) is 0 Å². The fraction of sp³-hybridized carbons (Fsp3) is 0.273. The molecule has 0 aliphatic carbocycles. The van der Waals surface area contributed by atoms with Gasteiger partial charge in [-0.3, -0.25) is 4.79 Å². The van der Waals surface area contributed by atoms with E-state index in [1.165, 1.54) is 0 Å². The van der Waals surface area contributed by atoms with Crippen LogP contribution in [0.25, 0.3) is 10.9 Å². The van der Waals surface area contributed by atoms with Crippen molar-refractivity contribution in [1.82, 2.24) is 15.6 Å². The molecule has 28 heavy (non-hydrogen) atoms. The lowest BCUT2D eigenvalue weighted by atomic mass is 10.0. The molecule has 2 amide bonds. The van der Waals surface area contributed by atoms with E-state index in [0.29, 0.717) is 6.42 Å². The Morgan fingerprint density at radius 1 is 1.00 bits per heavy atom. The zero-order chi connectivity index (χ0) is 19.9. The van der Waals surface area contributed by atoms with Gasteiger partial charge in [0.2, 0.25) is 5.91 Å². The molecule has 3 rings (SSSR count). The highest BCUT2D eigenvalue weighted by Gasteiger charge is 2.23. The van der Waals surface area contributed by atoms with E-state index in [1.807, 2.05) is 74.6 Å². The molecule has 2 aromatic carbocycles. The number of para-hydroxylation sites is 1. The Labute approximate surface area is 164 Å². The summed E-state index contributed by atoms with van der Waals surface area (Å²) < 4.78 is 5.28. The number of rotatable bonds is 7. The normalized spacial score (nSPS) is 12.0. The number of fused-ring (bicyclic) bond motifs is 1. The number of aromatic nitrogens is 1. The Morgan fingerprint density at radius 3 is 2.46 bits per heavy atom. The van der Waals surface area contributed by atoms with Gasteiger partial charge in [-0.15, -0.1) is 0 Å². The van der Waals surface area contributed by atoms with E-state index in [1.54, 1.807) is 0 Å². The molecule has 3 N–H and O–H groups in total. The number of aromatic amines is 1. The highest BCUT2D eigenvalue weighted by atomic mass is 16.5. The Bertz CT molecular complexity index is 934. The fourth-order valence-electron chi connectivity index (χ4n) is 3.02. The first-order valence-electron chi connectivity index (χ1n) is 9.35. The molecule has 3 aromatic rings. The minimum Gasteiger partial charge on any atom is -0.445 e. The molecule has 1 atom stereocenters. The Balaban J connectivity index is 1.69. The molecule has 6 heteroatoms. The summed E-state index contributed by atoms with van der Waals surface area (Å²) in [5.74, 6) is -0.239. The topological polar surface area (TPSA) is 83.2 Å². The molecule has 0 saturated heterocycles. The Hall–Kier alpha value is -3.28. The van der Waals surface area contributed by atoms with E-state index in [-0.39, 0.29) is 18.6 Å². The van der Waals surface area contributed by atoms with Gasteiger partial charge in [0.25, 0.3) is 0 Å². The van der Waals surface area contributed by atoms with Gasteiger partial charge < -0.3 is 20.4 Å². The molecule has 0 radical (unpaired) electrons. The zero-order valence-electron chi connectivity index (χ0n) is 16.1. The standard InChI is InChI=1S/C22H25N3O3/c1-15(2)24-21(26)20(12-17-13-23-19-11-7-6-10-18(17)19)25-22(27)28-14-16-8-4-3-5-9-16/h3-11,13,15,20,23H,12,14H2,1-2H3,(H,24,26)(H,25,27)/t20-/m1/s1. The number of hydrogen-bond acceptors (Lipinski definition) is 3. The van der Waals surface area contributed by atoms with Crippen LogP contribution < -0.4 is 10.6 Å². The van der Waals surface area contributed by atoms with Crippen LogP contribution in [-0.4, -0.2) is 29.1 Å². The molecule has 146 valence electrons. The van der Waals surface area contributed by atoms with Crippen LogP contribution in [0.3, 0.4) is 0 Å². The maximum Gasteiger partial charge on any atom is 0.408 e. The summed E-state index contributed by atoms with van der Waals surface area (Å²) in [6, 6.07) is 16.5. The van der Waals surface area contributed by atoms with Gasteiger partial charge in [-0.05, 0) is 31.0 Å². The van der Waals surface area contributed by atoms with E-state index in [2.05, 4.69) is 15.6 Å². The number of alkyl carbamates (subject to hydrolysis) is 1. The molecule has 0 aliphatic heterocycles.